The molecule has 140 valence electrons. The Morgan fingerprint density at radius 1 is 1.33 bits per heavy atom. The van der Waals surface area contributed by atoms with Crippen LogP contribution in [-0.4, -0.2) is 23.7 Å². The molecule has 0 saturated carbocycles. The number of carbonyl (C=O) groups excluding carboxylic acids is 1. The molecule has 1 aliphatic rings. The first-order valence-electron chi connectivity index (χ1n) is 8.68. The minimum atomic E-state index is -0.464. The van der Waals surface area contributed by atoms with Gasteiger partial charge in [-0.25, -0.2) is 9.78 Å². The number of ether oxygens (including phenoxy) is 2. The SMILES string of the molecule is CC[C@H]1COC(=O)N1c1cc(C)nc(Oc2c(C)cc(Cl)cc2C)c1C#N. The van der Waals surface area contributed by atoms with E-state index >= 15 is 0 Å². The van der Waals surface area contributed by atoms with Gasteiger partial charge >= 0.3 is 6.09 Å². The number of anilines is 1. The monoisotopic (exact) mass is 385 g/mol. The van der Waals surface area contributed by atoms with Crippen LogP contribution in [0.4, 0.5) is 10.5 Å². The van der Waals surface area contributed by atoms with E-state index in [2.05, 4.69) is 11.1 Å². The van der Waals surface area contributed by atoms with E-state index in [9.17, 15) is 10.1 Å². The van der Waals surface area contributed by atoms with Gasteiger partial charge in [0.15, 0.2) is 0 Å². The van der Waals surface area contributed by atoms with Crippen molar-refractivity contribution >= 4 is 23.4 Å². The van der Waals surface area contributed by atoms with E-state index in [0.29, 0.717) is 35.2 Å². The molecule has 1 fully saturated rings. The zero-order valence-electron chi connectivity index (χ0n) is 15.7. The Kier molecular flexibility index (Phi) is 5.24. The fourth-order valence-corrected chi connectivity index (χ4v) is 3.54. The maximum Gasteiger partial charge on any atom is 0.414 e. The van der Waals surface area contributed by atoms with E-state index in [0.717, 1.165) is 11.1 Å². The highest BCUT2D eigenvalue weighted by Crippen LogP contribution is 2.37. The number of amides is 1. The van der Waals surface area contributed by atoms with Gasteiger partial charge in [0, 0.05) is 10.7 Å². The van der Waals surface area contributed by atoms with Crippen LogP contribution in [0.1, 0.15) is 35.7 Å². The summed E-state index contributed by atoms with van der Waals surface area (Å²) in [6.07, 6.45) is 0.248. The summed E-state index contributed by atoms with van der Waals surface area (Å²) in [6.45, 7) is 7.82. The number of cyclic esters (lactones) is 1. The molecule has 0 bridgehead atoms. The topological polar surface area (TPSA) is 75.4 Å². The van der Waals surface area contributed by atoms with Crippen molar-refractivity contribution in [3.8, 4) is 17.7 Å². The highest BCUT2D eigenvalue weighted by Gasteiger charge is 2.35. The number of benzene rings is 1. The second kappa shape index (κ2) is 7.45. The van der Waals surface area contributed by atoms with Crippen LogP contribution in [0.5, 0.6) is 11.6 Å². The molecule has 0 radical (unpaired) electrons. The van der Waals surface area contributed by atoms with Crippen LogP contribution in [0.3, 0.4) is 0 Å². The van der Waals surface area contributed by atoms with E-state index in [4.69, 9.17) is 21.1 Å². The smallest absolute Gasteiger partial charge is 0.414 e. The Morgan fingerprint density at radius 2 is 2.00 bits per heavy atom. The van der Waals surface area contributed by atoms with Crippen LogP contribution < -0.4 is 9.64 Å². The Balaban J connectivity index is 2.12. The lowest BCUT2D eigenvalue weighted by Gasteiger charge is -2.23. The third kappa shape index (κ3) is 3.56. The number of rotatable bonds is 4. The van der Waals surface area contributed by atoms with Crippen LogP contribution in [0.2, 0.25) is 5.02 Å². The Morgan fingerprint density at radius 3 is 2.59 bits per heavy atom. The summed E-state index contributed by atoms with van der Waals surface area (Å²) < 4.78 is 11.2. The van der Waals surface area contributed by atoms with Crippen LogP contribution in [0, 0.1) is 32.1 Å². The molecule has 1 aromatic heterocycles. The number of hydrogen-bond acceptors (Lipinski definition) is 5. The molecule has 27 heavy (non-hydrogen) atoms. The molecule has 1 atom stereocenters. The lowest BCUT2D eigenvalue weighted by atomic mass is 10.1. The number of pyridine rings is 1. The predicted molar refractivity (Wildman–Crippen MR) is 103 cm³/mol. The normalized spacial score (nSPS) is 16.2. The van der Waals surface area contributed by atoms with Crippen LogP contribution in [-0.2, 0) is 4.74 Å². The van der Waals surface area contributed by atoms with Crippen molar-refractivity contribution in [1.29, 1.82) is 5.26 Å². The molecule has 1 aromatic carbocycles. The molecular formula is C20H20ClN3O3. The Labute approximate surface area is 163 Å². The van der Waals surface area contributed by atoms with Crippen molar-refractivity contribution in [2.45, 2.75) is 40.2 Å². The second-order valence-electron chi connectivity index (χ2n) is 6.55. The minimum Gasteiger partial charge on any atom is -0.447 e. The number of halogens is 1. The molecule has 6 nitrogen and oxygen atoms in total. The summed E-state index contributed by atoms with van der Waals surface area (Å²) in [6, 6.07) is 7.30. The van der Waals surface area contributed by atoms with Crippen molar-refractivity contribution in [2.24, 2.45) is 0 Å². The number of nitrogens with zero attached hydrogens (tertiary/aromatic N) is 3. The summed E-state index contributed by atoms with van der Waals surface area (Å²) in [5, 5.41) is 10.4. The second-order valence-corrected chi connectivity index (χ2v) is 6.99. The van der Waals surface area contributed by atoms with Crippen LogP contribution in [0.15, 0.2) is 18.2 Å². The van der Waals surface area contributed by atoms with Crippen LogP contribution in [0.25, 0.3) is 0 Å². The van der Waals surface area contributed by atoms with Gasteiger partial charge in [-0.15, -0.1) is 0 Å². The molecule has 7 heteroatoms. The van der Waals surface area contributed by atoms with E-state index in [1.54, 1.807) is 25.1 Å². The molecule has 1 aliphatic heterocycles. The molecule has 2 heterocycles. The molecule has 3 rings (SSSR count). The van der Waals surface area contributed by atoms with Gasteiger partial charge in [-0.2, -0.15) is 5.26 Å². The van der Waals surface area contributed by atoms with E-state index in [1.807, 2.05) is 20.8 Å². The molecule has 0 spiro atoms. The Hall–Kier alpha value is -2.78. The predicted octanol–water partition coefficient (Wildman–Crippen LogP) is 5.06. The van der Waals surface area contributed by atoms with E-state index in [-0.39, 0.29) is 17.5 Å². The minimum absolute atomic E-state index is 0.127. The molecule has 0 aliphatic carbocycles. The molecule has 2 aromatic rings. The largest absolute Gasteiger partial charge is 0.447 e. The molecular weight excluding hydrogens is 366 g/mol. The number of hydrogen-bond donors (Lipinski definition) is 0. The maximum atomic E-state index is 12.3. The first-order chi connectivity index (χ1) is 12.8. The highest BCUT2D eigenvalue weighted by molar-refractivity contribution is 6.30. The molecule has 1 amide bonds. The van der Waals surface area contributed by atoms with Crippen molar-refractivity contribution < 1.29 is 14.3 Å². The Bertz CT molecular complexity index is 929. The zero-order valence-corrected chi connectivity index (χ0v) is 16.4. The van der Waals surface area contributed by atoms with Crippen LogP contribution >= 0.6 is 11.6 Å². The lowest BCUT2D eigenvalue weighted by Crippen LogP contribution is -2.33. The average molecular weight is 386 g/mol. The van der Waals surface area contributed by atoms with Gasteiger partial charge < -0.3 is 9.47 Å². The molecule has 1 saturated heterocycles. The van der Waals surface area contributed by atoms with Gasteiger partial charge in [0.25, 0.3) is 0 Å². The summed E-state index contributed by atoms with van der Waals surface area (Å²) in [5.74, 6) is 0.756. The first kappa shape index (κ1) is 19.0. The third-order valence-corrected chi connectivity index (χ3v) is 4.74. The number of nitriles is 1. The summed E-state index contributed by atoms with van der Waals surface area (Å²) in [7, 11) is 0. The van der Waals surface area contributed by atoms with Crippen molar-refractivity contribution in [3.63, 3.8) is 0 Å². The van der Waals surface area contributed by atoms with Gasteiger partial charge in [0.05, 0.1) is 11.7 Å². The maximum absolute atomic E-state index is 12.3. The fraction of sp³-hybridized carbons (Fsp3) is 0.350. The van der Waals surface area contributed by atoms with E-state index < -0.39 is 6.09 Å². The first-order valence-corrected chi connectivity index (χ1v) is 9.05. The summed E-state index contributed by atoms with van der Waals surface area (Å²) in [4.78, 5) is 18.2. The molecule has 0 unspecified atom stereocenters. The summed E-state index contributed by atoms with van der Waals surface area (Å²) >= 11 is 6.09. The van der Waals surface area contributed by atoms with E-state index in [1.165, 1.54) is 4.90 Å². The number of aromatic nitrogens is 1. The van der Waals surface area contributed by atoms with Crippen molar-refractivity contribution in [2.75, 3.05) is 11.5 Å². The highest BCUT2D eigenvalue weighted by atomic mass is 35.5. The van der Waals surface area contributed by atoms with Gasteiger partial charge in [0.2, 0.25) is 5.88 Å². The van der Waals surface area contributed by atoms with Gasteiger partial charge in [-0.1, -0.05) is 18.5 Å². The van der Waals surface area contributed by atoms with Crippen molar-refractivity contribution in [1.82, 2.24) is 4.98 Å². The zero-order chi connectivity index (χ0) is 19.7. The van der Waals surface area contributed by atoms with Gasteiger partial charge in [-0.3, -0.25) is 4.90 Å². The number of aryl methyl sites for hydroxylation is 3. The van der Waals surface area contributed by atoms with Crippen molar-refractivity contribution in [3.05, 3.63) is 45.6 Å². The average Bonchev–Trinajstić information content (AvgIpc) is 2.98. The van der Waals surface area contributed by atoms with Gasteiger partial charge in [0.1, 0.15) is 24.0 Å². The quantitative estimate of drug-likeness (QED) is 0.735. The fourth-order valence-electron chi connectivity index (χ4n) is 3.21. The number of carbonyl (C=O) groups is 1. The van der Waals surface area contributed by atoms with Gasteiger partial charge in [-0.05, 0) is 56.5 Å². The molecule has 0 N–H and O–H groups in total. The lowest BCUT2D eigenvalue weighted by molar-refractivity contribution is 0.178. The standard InChI is InChI=1S/C20H20ClN3O3/c1-5-15-10-26-20(25)24(15)17-8-13(4)23-19(16(17)9-22)27-18-11(2)6-14(21)7-12(18)3/h6-8,15H,5,10H2,1-4H3/t15-/m0/s1. The third-order valence-electron chi connectivity index (χ3n) is 4.52. The summed E-state index contributed by atoms with van der Waals surface area (Å²) in [5.41, 5.74) is 2.96.